The van der Waals surface area contributed by atoms with Crippen LogP contribution in [-0.2, 0) is 17.9 Å². The molecule has 0 unspecified atom stereocenters. The van der Waals surface area contributed by atoms with Gasteiger partial charge in [0.25, 0.3) is 5.56 Å². The van der Waals surface area contributed by atoms with Crippen LogP contribution >= 0.6 is 23.1 Å². The lowest BCUT2D eigenvalue weighted by Gasteiger charge is -2.06. The van der Waals surface area contributed by atoms with Crippen molar-refractivity contribution in [3.63, 3.8) is 0 Å². The van der Waals surface area contributed by atoms with Gasteiger partial charge in [0, 0.05) is 11.6 Å². The number of carbonyl (C=O) groups is 1. The van der Waals surface area contributed by atoms with E-state index in [0.29, 0.717) is 17.0 Å². The minimum atomic E-state index is -0.214. The molecule has 0 bridgehead atoms. The van der Waals surface area contributed by atoms with Gasteiger partial charge < -0.3 is 5.32 Å². The molecule has 0 atom stereocenters. The van der Waals surface area contributed by atoms with Crippen molar-refractivity contribution in [2.45, 2.75) is 13.1 Å². The van der Waals surface area contributed by atoms with E-state index in [2.05, 4.69) is 5.32 Å². The monoisotopic (exact) mass is 332 g/mol. The van der Waals surface area contributed by atoms with Gasteiger partial charge in [-0.1, -0.05) is 53.5 Å². The van der Waals surface area contributed by atoms with Crippen LogP contribution in [0.25, 0.3) is 10.1 Å². The molecule has 1 N–H and O–H groups in total. The molecule has 3 rings (SSSR count). The molecule has 0 saturated carbocycles. The van der Waals surface area contributed by atoms with Crippen molar-refractivity contribution < 1.29 is 4.79 Å². The molecule has 0 radical (unpaired) electrons. The van der Waals surface area contributed by atoms with E-state index >= 15 is 0 Å². The standard InChI is InChI=1S/C16H13ClN2O2S/c17-13-7-3-1-5-11(13)9-18-15(20)10-19-16(21)12-6-2-4-8-14(12)22-19/h1-8H,9-10H2,(H,18,20). The molecule has 4 nitrogen and oxygen atoms in total. The third-order valence-electron chi connectivity index (χ3n) is 3.27. The first-order valence-corrected chi connectivity index (χ1v) is 7.89. The fraction of sp³-hybridized carbons (Fsp3) is 0.125. The Morgan fingerprint density at radius 3 is 2.64 bits per heavy atom. The molecule has 0 spiro atoms. The summed E-state index contributed by atoms with van der Waals surface area (Å²) in [5.74, 6) is -0.214. The van der Waals surface area contributed by atoms with Crippen LogP contribution < -0.4 is 10.9 Å². The Labute approximate surface area is 136 Å². The highest BCUT2D eigenvalue weighted by Crippen LogP contribution is 2.16. The second-order valence-electron chi connectivity index (χ2n) is 4.80. The van der Waals surface area contributed by atoms with Crippen LogP contribution in [-0.4, -0.2) is 9.86 Å². The van der Waals surface area contributed by atoms with Gasteiger partial charge in [-0.25, -0.2) is 0 Å². The van der Waals surface area contributed by atoms with Gasteiger partial charge in [-0.3, -0.25) is 13.5 Å². The molecule has 112 valence electrons. The average Bonchev–Trinajstić information content (AvgIpc) is 2.83. The summed E-state index contributed by atoms with van der Waals surface area (Å²) in [6, 6.07) is 14.7. The Morgan fingerprint density at radius 1 is 1.14 bits per heavy atom. The zero-order valence-corrected chi connectivity index (χ0v) is 13.2. The number of hydrogen-bond donors (Lipinski definition) is 1. The zero-order chi connectivity index (χ0) is 15.5. The molecule has 1 heterocycles. The van der Waals surface area contributed by atoms with Crippen LogP contribution in [0.2, 0.25) is 5.02 Å². The summed E-state index contributed by atoms with van der Waals surface area (Å²) >= 11 is 7.34. The molecule has 0 aliphatic rings. The van der Waals surface area contributed by atoms with Crippen molar-refractivity contribution in [1.82, 2.24) is 9.27 Å². The summed E-state index contributed by atoms with van der Waals surface area (Å²) in [7, 11) is 0. The number of nitrogens with one attached hydrogen (secondary N) is 1. The molecule has 0 fully saturated rings. The lowest BCUT2D eigenvalue weighted by atomic mass is 10.2. The maximum atomic E-state index is 12.2. The molecular formula is C16H13ClN2O2S. The summed E-state index contributed by atoms with van der Waals surface area (Å²) in [4.78, 5) is 24.2. The topological polar surface area (TPSA) is 51.1 Å². The number of halogens is 1. The number of nitrogens with zero attached hydrogens (tertiary/aromatic N) is 1. The number of fused-ring (bicyclic) bond motifs is 1. The van der Waals surface area contributed by atoms with E-state index in [1.54, 1.807) is 12.1 Å². The normalized spacial score (nSPS) is 10.8. The highest BCUT2D eigenvalue weighted by molar-refractivity contribution is 7.13. The minimum absolute atomic E-state index is 0.0165. The molecule has 2 aromatic carbocycles. The van der Waals surface area contributed by atoms with E-state index in [4.69, 9.17) is 11.6 Å². The zero-order valence-electron chi connectivity index (χ0n) is 11.6. The Hall–Kier alpha value is -2.11. The fourth-order valence-electron chi connectivity index (χ4n) is 2.14. The van der Waals surface area contributed by atoms with Crippen molar-refractivity contribution in [1.29, 1.82) is 0 Å². The number of benzene rings is 2. The van der Waals surface area contributed by atoms with Gasteiger partial charge >= 0.3 is 0 Å². The molecule has 22 heavy (non-hydrogen) atoms. The number of hydrogen-bond acceptors (Lipinski definition) is 3. The van der Waals surface area contributed by atoms with E-state index in [-0.39, 0.29) is 18.0 Å². The summed E-state index contributed by atoms with van der Waals surface area (Å²) < 4.78 is 2.35. The molecule has 1 aromatic heterocycles. The van der Waals surface area contributed by atoms with Crippen molar-refractivity contribution in [2.75, 3.05) is 0 Å². The van der Waals surface area contributed by atoms with Crippen LogP contribution in [0.1, 0.15) is 5.56 Å². The van der Waals surface area contributed by atoms with Crippen LogP contribution in [0.3, 0.4) is 0 Å². The van der Waals surface area contributed by atoms with Crippen molar-refractivity contribution in [3.05, 3.63) is 69.5 Å². The van der Waals surface area contributed by atoms with Crippen LogP contribution in [0, 0.1) is 0 Å². The second kappa shape index (κ2) is 6.34. The summed E-state index contributed by atoms with van der Waals surface area (Å²) in [5.41, 5.74) is 0.717. The Kier molecular flexibility index (Phi) is 4.27. The highest BCUT2D eigenvalue weighted by Gasteiger charge is 2.10. The van der Waals surface area contributed by atoms with Crippen molar-refractivity contribution in [2.24, 2.45) is 0 Å². The van der Waals surface area contributed by atoms with Gasteiger partial charge in [0.05, 0.1) is 10.1 Å². The van der Waals surface area contributed by atoms with E-state index in [9.17, 15) is 9.59 Å². The van der Waals surface area contributed by atoms with Gasteiger partial charge in [-0.05, 0) is 23.8 Å². The molecule has 0 aliphatic carbocycles. The largest absolute Gasteiger partial charge is 0.350 e. The number of rotatable bonds is 4. The predicted molar refractivity (Wildman–Crippen MR) is 89.4 cm³/mol. The first-order chi connectivity index (χ1) is 10.6. The number of carbonyl (C=O) groups excluding carboxylic acids is 1. The van der Waals surface area contributed by atoms with Crippen LogP contribution in [0.5, 0.6) is 0 Å². The SMILES string of the molecule is O=C(Cn1sc2ccccc2c1=O)NCc1ccccc1Cl. The van der Waals surface area contributed by atoms with Gasteiger partial charge in [-0.2, -0.15) is 0 Å². The summed E-state index contributed by atoms with van der Waals surface area (Å²) in [5, 5.41) is 4.04. The van der Waals surface area contributed by atoms with E-state index in [1.807, 2.05) is 36.4 Å². The first kappa shape index (κ1) is 14.8. The quantitative estimate of drug-likeness (QED) is 0.798. The summed E-state index contributed by atoms with van der Waals surface area (Å²) in [6.45, 7) is 0.362. The lowest BCUT2D eigenvalue weighted by Crippen LogP contribution is -2.29. The van der Waals surface area contributed by atoms with Gasteiger partial charge in [0.1, 0.15) is 6.54 Å². The average molecular weight is 333 g/mol. The lowest BCUT2D eigenvalue weighted by molar-refractivity contribution is -0.121. The third-order valence-corrected chi connectivity index (χ3v) is 4.71. The smallest absolute Gasteiger partial charge is 0.268 e. The predicted octanol–water partition coefficient (Wildman–Crippen LogP) is 3.03. The fourth-order valence-corrected chi connectivity index (χ4v) is 3.34. The van der Waals surface area contributed by atoms with Crippen molar-refractivity contribution in [3.8, 4) is 0 Å². The van der Waals surface area contributed by atoms with Crippen LogP contribution in [0.15, 0.2) is 53.3 Å². The second-order valence-corrected chi connectivity index (χ2v) is 6.27. The Bertz CT molecular complexity index is 885. The molecular weight excluding hydrogens is 320 g/mol. The van der Waals surface area contributed by atoms with Crippen LogP contribution in [0.4, 0.5) is 0 Å². The van der Waals surface area contributed by atoms with Crippen molar-refractivity contribution >= 4 is 39.1 Å². The van der Waals surface area contributed by atoms with E-state index in [0.717, 1.165) is 10.3 Å². The van der Waals surface area contributed by atoms with Gasteiger partial charge in [-0.15, -0.1) is 0 Å². The Morgan fingerprint density at radius 2 is 1.86 bits per heavy atom. The Balaban J connectivity index is 1.70. The maximum Gasteiger partial charge on any atom is 0.268 e. The van der Waals surface area contributed by atoms with Gasteiger partial charge in [0.2, 0.25) is 5.91 Å². The molecule has 1 amide bonds. The maximum absolute atomic E-state index is 12.2. The van der Waals surface area contributed by atoms with E-state index < -0.39 is 0 Å². The molecule has 3 aromatic rings. The molecule has 6 heteroatoms. The number of amides is 1. The van der Waals surface area contributed by atoms with Gasteiger partial charge in [0.15, 0.2) is 0 Å². The molecule has 0 saturated heterocycles. The first-order valence-electron chi connectivity index (χ1n) is 6.74. The summed E-state index contributed by atoms with van der Waals surface area (Å²) in [6.07, 6.45) is 0. The third kappa shape index (κ3) is 3.05. The minimum Gasteiger partial charge on any atom is -0.350 e. The number of aromatic nitrogens is 1. The van der Waals surface area contributed by atoms with E-state index in [1.165, 1.54) is 15.5 Å². The highest BCUT2D eigenvalue weighted by atomic mass is 35.5. The molecule has 0 aliphatic heterocycles.